The highest BCUT2D eigenvalue weighted by atomic mass is 19.4. The van der Waals surface area contributed by atoms with Gasteiger partial charge in [0.1, 0.15) is 0 Å². The van der Waals surface area contributed by atoms with Crippen LogP contribution in [-0.4, -0.2) is 47.3 Å². The molecule has 0 aromatic heterocycles. The summed E-state index contributed by atoms with van der Waals surface area (Å²) < 4.78 is 38.8. The first-order valence-corrected chi connectivity index (χ1v) is 6.49. The molecule has 1 saturated heterocycles. The predicted octanol–water partition coefficient (Wildman–Crippen LogP) is 2.22. The summed E-state index contributed by atoms with van der Waals surface area (Å²) >= 11 is 0. The van der Waals surface area contributed by atoms with E-state index in [1.165, 1.54) is 0 Å². The summed E-state index contributed by atoms with van der Waals surface area (Å²) in [5.74, 6) is -1.93. The SMILES string of the molecule is CCCC(C)NC(=O)N1CCC(C(=O)O)(C(F)(F)F)C1. The van der Waals surface area contributed by atoms with E-state index in [1.54, 1.807) is 6.92 Å². The highest BCUT2D eigenvalue weighted by molar-refractivity contribution is 5.80. The zero-order valence-electron chi connectivity index (χ0n) is 11.5. The van der Waals surface area contributed by atoms with Crippen LogP contribution in [0, 0.1) is 5.41 Å². The second-order valence-electron chi connectivity index (χ2n) is 5.20. The third-order valence-electron chi connectivity index (χ3n) is 3.60. The lowest BCUT2D eigenvalue weighted by atomic mass is 9.86. The number of carbonyl (C=O) groups is 2. The number of likely N-dealkylation sites (tertiary alicyclic amines) is 1. The summed E-state index contributed by atoms with van der Waals surface area (Å²) in [6, 6.07) is -0.795. The number of rotatable bonds is 4. The molecule has 0 saturated carbocycles. The Morgan fingerprint density at radius 3 is 2.45 bits per heavy atom. The fourth-order valence-corrected chi connectivity index (χ4v) is 2.32. The highest BCUT2D eigenvalue weighted by Gasteiger charge is 2.64. The summed E-state index contributed by atoms with van der Waals surface area (Å²) in [4.78, 5) is 23.7. The Labute approximate surface area is 115 Å². The van der Waals surface area contributed by atoms with Gasteiger partial charge in [0.15, 0.2) is 5.41 Å². The molecule has 2 atom stereocenters. The number of nitrogens with one attached hydrogen (secondary N) is 1. The first-order chi connectivity index (χ1) is 9.14. The quantitative estimate of drug-likeness (QED) is 0.835. The molecule has 2 unspecified atom stereocenters. The molecule has 1 rings (SSSR count). The van der Waals surface area contributed by atoms with Gasteiger partial charge in [-0.1, -0.05) is 13.3 Å². The zero-order chi connectivity index (χ0) is 15.6. The Hall–Kier alpha value is -1.47. The van der Waals surface area contributed by atoms with Crippen LogP contribution in [0.2, 0.25) is 0 Å². The van der Waals surface area contributed by atoms with Crippen molar-refractivity contribution in [3.63, 3.8) is 0 Å². The lowest BCUT2D eigenvalue weighted by molar-refractivity contribution is -0.226. The molecule has 5 nitrogen and oxygen atoms in total. The van der Waals surface area contributed by atoms with Crippen molar-refractivity contribution in [2.75, 3.05) is 13.1 Å². The van der Waals surface area contributed by atoms with Gasteiger partial charge in [0.2, 0.25) is 0 Å². The molecule has 2 amide bonds. The second kappa shape index (κ2) is 5.88. The van der Waals surface area contributed by atoms with E-state index >= 15 is 0 Å². The summed E-state index contributed by atoms with van der Waals surface area (Å²) in [6.07, 6.45) is -3.93. The number of amides is 2. The summed E-state index contributed by atoms with van der Waals surface area (Å²) in [5, 5.41) is 11.5. The Morgan fingerprint density at radius 1 is 1.45 bits per heavy atom. The molecular formula is C12H19F3N2O3. The number of carboxylic acids is 1. The van der Waals surface area contributed by atoms with Crippen LogP contribution in [0.4, 0.5) is 18.0 Å². The molecule has 1 aliphatic heterocycles. The average Bonchev–Trinajstić information content (AvgIpc) is 2.74. The molecular weight excluding hydrogens is 277 g/mol. The number of carboxylic acid groups (broad SMARTS) is 1. The van der Waals surface area contributed by atoms with Gasteiger partial charge in [0, 0.05) is 19.1 Å². The van der Waals surface area contributed by atoms with Gasteiger partial charge in [-0.15, -0.1) is 0 Å². The predicted molar refractivity (Wildman–Crippen MR) is 65.2 cm³/mol. The zero-order valence-corrected chi connectivity index (χ0v) is 11.5. The van der Waals surface area contributed by atoms with Crippen molar-refractivity contribution < 1.29 is 27.9 Å². The maximum absolute atomic E-state index is 12.9. The fraction of sp³-hybridized carbons (Fsp3) is 0.833. The van der Waals surface area contributed by atoms with E-state index in [4.69, 9.17) is 5.11 Å². The maximum Gasteiger partial charge on any atom is 0.406 e. The van der Waals surface area contributed by atoms with E-state index in [1.807, 2.05) is 6.92 Å². The van der Waals surface area contributed by atoms with Crippen LogP contribution < -0.4 is 5.32 Å². The number of alkyl halides is 3. The van der Waals surface area contributed by atoms with E-state index in [0.717, 1.165) is 11.3 Å². The van der Waals surface area contributed by atoms with Crippen LogP contribution >= 0.6 is 0 Å². The molecule has 0 radical (unpaired) electrons. The van der Waals surface area contributed by atoms with Crippen molar-refractivity contribution in [1.29, 1.82) is 0 Å². The van der Waals surface area contributed by atoms with Gasteiger partial charge in [0.05, 0.1) is 0 Å². The number of nitrogens with zero attached hydrogens (tertiary/aromatic N) is 1. The van der Waals surface area contributed by atoms with Crippen molar-refractivity contribution in [2.24, 2.45) is 5.41 Å². The molecule has 1 fully saturated rings. The normalized spacial score (nSPS) is 24.6. The first kappa shape index (κ1) is 16.6. The molecule has 0 spiro atoms. The van der Waals surface area contributed by atoms with E-state index in [9.17, 15) is 22.8 Å². The van der Waals surface area contributed by atoms with E-state index in [0.29, 0.717) is 6.42 Å². The molecule has 1 heterocycles. The Morgan fingerprint density at radius 2 is 2.05 bits per heavy atom. The number of hydrogen-bond donors (Lipinski definition) is 2. The van der Waals surface area contributed by atoms with E-state index < -0.39 is 36.6 Å². The van der Waals surface area contributed by atoms with Crippen LogP contribution in [-0.2, 0) is 4.79 Å². The average molecular weight is 296 g/mol. The van der Waals surface area contributed by atoms with Crippen LogP contribution in [0.1, 0.15) is 33.1 Å². The maximum atomic E-state index is 12.9. The minimum Gasteiger partial charge on any atom is -0.481 e. The highest BCUT2D eigenvalue weighted by Crippen LogP contribution is 2.45. The van der Waals surface area contributed by atoms with Crippen LogP contribution in [0.3, 0.4) is 0 Å². The van der Waals surface area contributed by atoms with Crippen LogP contribution in [0.15, 0.2) is 0 Å². The fourth-order valence-electron chi connectivity index (χ4n) is 2.32. The molecule has 0 aliphatic carbocycles. The molecule has 8 heteroatoms. The molecule has 2 N–H and O–H groups in total. The van der Waals surface area contributed by atoms with Gasteiger partial charge in [-0.2, -0.15) is 13.2 Å². The monoisotopic (exact) mass is 296 g/mol. The van der Waals surface area contributed by atoms with Crippen LogP contribution in [0.5, 0.6) is 0 Å². The van der Waals surface area contributed by atoms with Crippen molar-refractivity contribution in [3.05, 3.63) is 0 Å². The number of carbonyl (C=O) groups excluding carboxylic acids is 1. The van der Waals surface area contributed by atoms with Crippen molar-refractivity contribution in [2.45, 2.75) is 45.3 Å². The largest absolute Gasteiger partial charge is 0.481 e. The Balaban J connectivity index is 2.75. The van der Waals surface area contributed by atoms with Gasteiger partial charge in [-0.25, -0.2) is 4.79 Å². The van der Waals surface area contributed by atoms with Crippen LogP contribution in [0.25, 0.3) is 0 Å². The van der Waals surface area contributed by atoms with Crippen molar-refractivity contribution >= 4 is 12.0 Å². The number of aliphatic carboxylic acids is 1. The topological polar surface area (TPSA) is 69.6 Å². The third kappa shape index (κ3) is 3.16. The smallest absolute Gasteiger partial charge is 0.406 e. The Kier molecular flexibility index (Phi) is 4.88. The lowest BCUT2D eigenvalue weighted by Crippen LogP contribution is -2.49. The van der Waals surface area contributed by atoms with Gasteiger partial charge >= 0.3 is 18.2 Å². The molecule has 0 bridgehead atoms. The van der Waals surface area contributed by atoms with Crippen molar-refractivity contribution in [3.8, 4) is 0 Å². The molecule has 20 heavy (non-hydrogen) atoms. The minimum atomic E-state index is -4.87. The van der Waals surface area contributed by atoms with Gasteiger partial charge in [0.25, 0.3) is 0 Å². The van der Waals surface area contributed by atoms with Gasteiger partial charge in [-0.3, -0.25) is 4.79 Å². The standard InChI is InChI=1S/C12H19F3N2O3/c1-3-4-8(2)16-10(20)17-6-5-11(7-17,9(18)19)12(13,14)15/h8H,3-7H2,1-2H3,(H,16,20)(H,18,19). The van der Waals surface area contributed by atoms with E-state index in [2.05, 4.69) is 5.32 Å². The van der Waals surface area contributed by atoms with Gasteiger partial charge < -0.3 is 15.3 Å². The van der Waals surface area contributed by atoms with Gasteiger partial charge in [-0.05, 0) is 19.8 Å². The molecule has 0 aromatic rings. The summed E-state index contributed by atoms with van der Waals surface area (Å²) in [5.41, 5.74) is -2.85. The lowest BCUT2D eigenvalue weighted by Gasteiger charge is -2.27. The summed E-state index contributed by atoms with van der Waals surface area (Å²) in [7, 11) is 0. The van der Waals surface area contributed by atoms with Crippen molar-refractivity contribution in [1.82, 2.24) is 10.2 Å². The Bertz CT molecular complexity index is 387. The molecule has 0 aromatic carbocycles. The molecule has 116 valence electrons. The number of urea groups is 1. The minimum absolute atomic E-state index is 0.154. The third-order valence-corrected chi connectivity index (χ3v) is 3.60. The number of halogens is 3. The first-order valence-electron chi connectivity index (χ1n) is 6.49. The summed E-state index contributed by atoms with van der Waals surface area (Å²) in [6.45, 7) is 2.64. The second-order valence-corrected chi connectivity index (χ2v) is 5.20. The molecule has 1 aliphatic rings. The van der Waals surface area contributed by atoms with E-state index in [-0.39, 0.29) is 12.6 Å². The number of hydrogen-bond acceptors (Lipinski definition) is 2.